The van der Waals surface area contributed by atoms with Gasteiger partial charge in [-0.2, -0.15) is 0 Å². The number of benzene rings is 1. The molecule has 2 nitrogen and oxygen atoms in total. The monoisotopic (exact) mass is 218 g/mol. The quantitative estimate of drug-likeness (QED) is 0.815. The molecule has 1 saturated carbocycles. The summed E-state index contributed by atoms with van der Waals surface area (Å²) in [5, 5.41) is 3.61. The Labute approximate surface area is 98.2 Å². The molecular formula is C14H22N2. The lowest BCUT2D eigenvalue weighted by Crippen LogP contribution is -2.35. The van der Waals surface area contributed by atoms with Gasteiger partial charge in [0.15, 0.2) is 0 Å². The van der Waals surface area contributed by atoms with Crippen molar-refractivity contribution in [3.8, 4) is 0 Å². The standard InChI is InChI=1S/C14H22N2/c1-11-6-2-5-9-13(11)16-14(10-15)12-7-3-4-8-12/h2,5-6,9,12,14,16H,3-4,7-8,10,15H2,1H3. The van der Waals surface area contributed by atoms with Gasteiger partial charge in [0.25, 0.3) is 0 Å². The molecule has 1 aromatic rings. The largest absolute Gasteiger partial charge is 0.381 e. The Balaban J connectivity index is 2.03. The van der Waals surface area contributed by atoms with E-state index in [-0.39, 0.29) is 0 Å². The number of rotatable bonds is 4. The number of anilines is 1. The van der Waals surface area contributed by atoms with Crippen LogP contribution in [-0.4, -0.2) is 12.6 Å². The van der Waals surface area contributed by atoms with E-state index in [0.717, 1.165) is 12.5 Å². The van der Waals surface area contributed by atoms with E-state index in [2.05, 4.69) is 36.5 Å². The fraction of sp³-hybridized carbons (Fsp3) is 0.571. The van der Waals surface area contributed by atoms with Gasteiger partial charge < -0.3 is 11.1 Å². The smallest absolute Gasteiger partial charge is 0.0411 e. The normalized spacial score (nSPS) is 18.6. The molecular weight excluding hydrogens is 196 g/mol. The highest BCUT2D eigenvalue weighted by Crippen LogP contribution is 2.29. The van der Waals surface area contributed by atoms with Crippen molar-refractivity contribution in [2.24, 2.45) is 11.7 Å². The van der Waals surface area contributed by atoms with Gasteiger partial charge in [-0.3, -0.25) is 0 Å². The third-order valence-corrected chi connectivity index (χ3v) is 3.71. The Morgan fingerprint density at radius 3 is 2.62 bits per heavy atom. The first-order chi connectivity index (χ1) is 7.81. The predicted molar refractivity (Wildman–Crippen MR) is 69.6 cm³/mol. The minimum atomic E-state index is 0.448. The Morgan fingerprint density at radius 2 is 2.00 bits per heavy atom. The number of nitrogens with one attached hydrogen (secondary N) is 1. The lowest BCUT2D eigenvalue weighted by molar-refractivity contribution is 0.462. The van der Waals surface area contributed by atoms with Crippen molar-refractivity contribution in [1.82, 2.24) is 0 Å². The summed E-state index contributed by atoms with van der Waals surface area (Å²) in [7, 11) is 0. The highest BCUT2D eigenvalue weighted by molar-refractivity contribution is 5.51. The number of nitrogens with two attached hydrogens (primary N) is 1. The number of hydrogen-bond donors (Lipinski definition) is 2. The van der Waals surface area contributed by atoms with Crippen LogP contribution in [0.3, 0.4) is 0 Å². The summed E-state index contributed by atoms with van der Waals surface area (Å²) >= 11 is 0. The van der Waals surface area contributed by atoms with Crippen LogP contribution >= 0.6 is 0 Å². The van der Waals surface area contributed by atoms with E-state index in [1.165, 1.54) is 36.9 Å². The van der Waals surface area contributed by atoms with Gasteiger partial charge in [0.05, 0.1) is 0 Å². The van der Waals surface area contributed by atoms with Gasteiger partial charge >= 0.3 is 0 Å². The van der Waals surface area contributed by atoms with Crippen molar-refractivity contribution < 1.29 is 0 Å². The van der Waals surface area contributed by atoms with Crippen molar-refractivity contribution in [3.05, 3.63) is 29.8 Å². The first-order valence-corrected chi connectivity index (χ1v) is 6.33. The van der Waals surface area contributed by atoms with Gasteiger partial charge in [0.1, 0.15) is 0 Å². The molecule has 0 heterocycles. The molecule has 0 saturated heterocycles. The summed E-state index contributed by atoms with van der Waals surface area (Å²) in [6.45, 7) is 2.88. The number of hydrogen-bond acceptors (Lipinski definition) is 2. The molecule has 1 atom stereocenters. The fourth-order valence-electron chi connectivity index (χ4n) is 2.66. The first kappa shape index (κ1) is 11.5. The van der Waals surface area contributed by atoms with Crippen molar-refractivity contribution in [1.29, 1.82) is 0 Å². The highest BCUT2D eigenvalue weighted by atomic mass is 14.9. The molecule has 0 bridgehead atoms. The summed E-state index contributed by atoms with van der Waals surface area (Å²) in [6, 6.07) is 8.89. The van der Waals surface area contributed by atoms with Gasteiger partial charge in [-0.1, -0.05) is 31.0 Å². The van der Waals surface area contributed by atoms with Crippen LogP contribution in [0, 0.1) is 12.8 Å². The van der Waals surface area contributed by atoms with Gasteiger partial charge in [-0.25, -0.2) is 0 Å². The topological polar surface area (TPSA) is 38.0 Å². The summed E-state index contributed by atoms with van der Waals surface area (Å²) in [5.41, 5.74) is 8.43. The lowest BCUT2D eigenvalue weighted by Gasteiger charge is -2.25. The van der Waals surface area contributed by atoms with E-state index < -0.39 is 0 Å². The first-order valence-electron chi connectivity index (χ1n) is 6.33. The SMILES string of the molecule is Cc1ccccc1NC(CN)C1CCCC1. The molecule has 2 heteroatoms. The zero-order valence-electron chi connectivity index (χ0n) is 10.1. The second kappa shape index (κ2) is 5.35. The zero-order valence-corrected chi connectivity index (χ0v) is 10.1. The minimum Gasteiger partial charge on any atom is -0.381 e. The van der Waals surface area contributed by atoms with E-state index in [4.69, 9.17) is 5.73 Å². The maximum Gasteiger partial charge on any atom is 0.0411 e. The van der Waals surface area contributed by atoms with E-state index in [1.54, 1.807) is 0 Å². The fourth-order valence-corrected chi connectivity index (χ4v) is 2.66. The zero-order chi connectivity index (χ0) is 11.4. The number of aryl methyl sites for hydroxylation is 1. The van der Waals surface area contributed by atoms with Gasteiger partial charge in [-0.05, 0) is 37.3 Å². The summed E-state index contributed by atoms with van der Waals surface area (Å²) in [4.78, 5) is 0. The Kier molecular flexibility index (Phi) is 3.83. The van der Waals surface area contributed by atoms with E-state index in [9.17, 15) is 0 Å². The second-order valence-corrected chi connectivity index (χ2v) is 4.85. The molecule has 1 aromatic carbocycles. The lowest BCUT2D eigenvalue weighted by atomic mass is 9.97. The van der Waals surface area contributed by atoms with Gasteiger partial charge in [-0.15, -0.1) is 0 Å². The molecule has 0 spiro atoms. The third-order valence-electron chi connectivity index (χ3n) is 3.71. The average molecular weight is 218 g/mol. The molecule has 2 rings (SSSR count). The van der Waals surface area contributed by atoms with Crippen LogP contribution < -0.4 is 11.1 Å². The summed E-state index contributed by atoms with van der Waals surface area (Å²) in [5.74, 6) is 0.768. The van der Waals surface area contributed by atoms with E-state index >= 15 is 0 Å². The van der Waals surface area contributed by atoms with Crippen molar-refractivity contribution in [3.63, 3.8) is 0 Å². The third kappa shape index (κ3) is 2.56. The molecule has 16 heavy (non-hydrogen) atoms. The predicted octanol–water partition coefficient (Wildman–Crippen LogP) is 2.92. The molecule has 1 unspecified atom stereocenters. The Hall–Kier alpha value is -1.02. The van der Waals surface area contributed by atoms with Crippen LogP contribution in [0.1, 0.15) is 31.2 Å². The van der Waals surface area contributed by atoms with Crippen LogP contribution in [-0.2, 0) is 0 Å². The van der Waals surface area contributed by atoms with Crippen LogP contribution in [0.2, 0.25) is 0 Å². The van der Waals surface area contributed by atoms with Crippen molar-refractivity contribution >= 4 is 5.69 Å². The molecule has 1 aliphatic carbocycles. The molecule has 0 amide bonds. The van der Waals surface area contributed by atoms with Crippen LogP contribution in [0.5, 0.6) is 0 Å². The second-order valence-electron chi connectivity index (χ2n) is 4.85. The highest BCUT2D eigenvalue weighted by Gasteiger charge is 2.23. The maximum absolute atomic E-state index is 5.89. The van der Waals surface area contributed by atoms with E-state index in [0.29, 0.717) is 6.04 Å². The average Bonchev–Trinajstić information content (AvgIpc) is 2.81. The van der Waals surface area contributed by atoms with Crippen LogP contribution in [0.4, 0.5) is 5.69 Å². The van der Waals surface area contributed by atoms with Crippen LogP contribution in [0.25, 0.3) is 0 Å². The van der Waals surface area contributed by atoms with Crippen LogP contribution in [0.15, 0.2) is 24.3 Å². The minimum absolute atomic E-state index is 0.448. The summed E-state index contributed by atoms with van der Waals surface area (Å²) in [6.07, 6.45) is 5.41. The van der Waals surface area contributed by atoms with Crippen molar-refractivity contribution in [2.75, 3.05) is 11.9 Å². The molecule has 1 fully saturated rings. The maximum atomic E-state index is 5.89. The summed E-state index contributed by atoms with van der Waals surface area (Å²) < 4.78 is 0. The van der Waals surface area contributed by atoms with Crippen molar-refractivity contribution in [2.45, 2.75) is 38.6 Å². The van der Waals surface area contributed by atoms with E-state index in [1.807, 2.05) is 0 Å². The Bertz CT molecular complexity index is 329. The van der Waals surface area contributed by atoms with Gasteiger partial charge in [0.2, 0.25) is 0 Å². The molecule has 3 N–H and O–H groups in total. The van der Waals surface area contributed by atoms with Gasteiger partial charge in [0, 0.05) is 18.3 Å². The molecule has 88 valence electrons. The molecule has 0 aliphatic heterocycles. The molecule has 0 radical (unpaired) electrons. The number of para-hydroxylation sites is 1. The Morgan fingerprint density at radius 1 is 1.31 bits per heavy atom. The molecule has 1 aliphatic rings. The molecule has 0 aromatic heterocycles.